The first-order valence-electron chi connectivity index (χ1n) is 5.87. The van der Waals surface area contributed by atoms with Crippen molar-refractivity contribution >= 4 is 18.6 Å². The lowest BCUT2D eigenvalue weighted by atomic mass is 10.5. The highest BCUT2D eigenvalue weighted by Crippen LogP contribution is 2.57. The van der Waals surface area contributed by atoms with Crippen LogP contribution in [0, 0.1) is 4.78 Å². The van der Waals surface area contributed by atoms with Crippen molar-refractivity contribution in [2.75, 3.05) is 25.8 Å². The number of ether oxygens (including phenoxy) is 1. The molecular weight excluding hydrogens is 287 g/mol. The van der Waals surface area contributed by atoms with Gasteiger partial charge >= 0.3 is 7.94 Å². The summed E-state index contributed by atoms with van der Waals surface area (Å²) >= 11 is 0. The van der Waals surface area contributed by atoms with E-state index in [-0.39, 0.29) is 5.49 Å². The molecule has 0 aliphatic rings. The molecule has 19 heavy (non-hydrogen) atoms. The number of pyridine rings is 1. The standard InChI is InChI=1S/C11H20N2O4PS/c1-4-16-18(14,17-5-2)9-19(12)11-10(15-3)7-6-8-13-11/h6-8,12,14H,4-5,9H2,1-3H3/q+1. The van der Waals surface area contributed by atoms with Gasteiger partial charge in [0, 0.05) is 6.20 Å². The van der Waals surface area contributed by atoms with Crippen LogP contribution in [-0.4, -0.2) is 35.7 Å². The van der Waals surface area contributed by atoms with Crippen LogP contribution < -0.4 is 4.74 Å². The van der Waals surface area contributed by atoms with Gasteiger partial charge in [-0.15, -0.1) is 0 Å². The van der Waals surface area contributed by atoms with Gasteiger partial charge in [0.15, 0.2) is 10.8 Å². The predicted molar refractivity (Wildman–Crippen MR) is 76.4 cm³/mol. The lowest BCUT2D eigenvalue weighted by molar-refractivity contribution is 0.194. The molecule has 1 aromatic rings. The van der Waals surface area contributed by atoms with E-state index in [0.717, 1.165) is 0 Å². The Labute approximate surface area is 116 Å². The third-order valence-electron chi connectivity index (χ3n) is 2.14. The molecule has 2 N–H and O–H groups in total. The highest BCUT2D eigenvalue weighted by atomic mass is 32.2. The first-order valence-corrected chi connectivity index (χ1v) is 9.03. The number of hydrogen-bond acceptors (Lipinski definition) is 6. The molecule has 0 radical (unpaired) electrons. The molecule has 0 bridgehead atoms. The van der Waals surface area contributed by atoms with Crippen LogP contribution in [0.1, 0.15) is 13.8 Å². The molecule has 0 amide bonds. The van der Waals surface area contributed by atoms with Gasteiger partial charge in [-0.25, -0.2) is 4.98 Å². The van der Waals surface area contributed by atoms with Crippen LogP contribution in [0.3, 0.4) is 0 Å². The van der Waals surface area contributed by atoms with Crippen LogP contribution in [-0.2, 0) is 19.7 Å². The highest BCUT2D eigenvalue weighted by Gasteiger charge is 2.42. The van der Waals surface area contributed by atoms with Gasteiger partial charge in [0.05, 0.1) is 20.3 Å². The Bertz CT molecular complexity index is 427. The Morgan fingerprint density at radius 2 is 2.00 bits per heavy atom. The summed E-state index contributed by atoms with van der Waals surface area (Å²) in [7, 11) is -2.51. The molecule has 0 aliphatic heterocycles. The first kappa shape index (κ1) is 16.5. The summed E-state index contributed by atoms with van der Waals surface area (Å²) in [6.07, 6.45) is 1.60. The SMILES string of the molecule is CCO[P+](O)(CS(=N)c1ncccc1OC)OCC. The Hall–Kier alpha value is -0.590. The maximum Gasteiger partial charge on any atom is 0.420 e. The van der Waals surface area contributed by atoms with Crippen LogP contribution >= 0.6 is 7.94 Å². The summed E-state index contributed by atoms with van der Waals surface area (Å²) in [5, 5.41) is 0.503. The molecule has 1 unspecified atom stereocenters. The fourth-order valence-electron chi connectivity index (χ4n) is 1.46. The van der Waals surface area contributed by atoms with E-state index >= 15 is 0 Å². The minimum Gasteiger partial charge on any atom is -0.494 e. The van der Waals surface area contributed by atoms with E-state index in [1.54, 1.807) is 32.2 Å². The van der Waals surface area contributed by atoms with Gasteiger partial charge in [-0.3, -0.25) is 4.78 Å². The van der Waals surface area contributed by atoms with E-state index in [1.807, 2.05) is 0 Å². The number of methoxy groups -OCH3 is 1. The zero-order chi connectivity index (χ0) is 14.3. The van der Waals surface area contributed by atoms with E-state index < -0.39 is 18.6 Å². The smallest absolute Gasteiger partial charge is 0.420 e. The average molecular weight is 307 g/mol. The fraction of sp³-hybridized carbons (Fsp3) is 0.545. The summed E-state index contributed by atoms with van der Waals surface area (Å²) in [4.78, 5) is 14.4. The molecule has 0 saturated carbocycles. The molecule has 1 aromatic heterocycles. The Kier molecular flexibility index (Phi) is 6.82. The molecule has 0 fully saturated rings. The van der Waals surface area contributed by atoms with E-state index in [1.165, 1.54) is 7.11 Å². The van der Waals surface area contributed by atoms with E-state index in [9.17, 15) is 4.89 Å². The van der Waals surface area contributed by atoms with Gasteiger partial charge in [-0.2, -0.15) is 13.9 Å². The topological polar surface area (TPSA) is 84.7 Å². The van der Waals surface area contributed by atoms with Crippen molar-refractivity contribution in [3.8, 4) is 5.75 Å². The second-order valence-corrected chi connectivity index (χ2v) is 7.50. The van der Waals surface area contributed by atoms with Crippen molar-refractivity contribution in [2.45, 2.75) is 18.9 Å². The number of nitrogens with zero attached hydrogens (tertiary/aromatic N) is 1. The first-order chi connectivity index (χ1) is 9.06. The summed E-state index contributed by atoms with van der Waals surface area (Å²) < 4.78 is 23.9. The van der Waals surface area contributed by atoms with Crippen LogP contribution in [0.2, 0.25) is 0 Å². The third kappa shape index (κ3) is 4.78. The quantitative estimate of drug-likeness (QED) is 0.721. The van der Waals surface area contributed by atoms with Gasteiger partial charge < -0.3 is 4.74 Å². The lowest BCUT2D eigenvalue weighted by Crippen LogP contribution is -2.11. The molecule has 1 atom stereocenters. The number of rotatable bonds is 8. The van der Waals surface area contributed by atoms with Crippen molar-refractivity contribution in [1.29, 1.82) is 4.78 Å². The molecular formula is C11H20N2O4PS+. The van der Waals surface area contributed by atoms with Crippen LogP contribution in [0.15, 0.2) is 23.4 Å². The average Bonchev–Trinajstić information content (AvgIpc) is 2.38. The minimum atomic E-state index is -2.99. The molecule has 108 valence electrons. The predicted octanol–water partition coefficient (Wildman–Crippen LogP) is 2.62. The van der Waals surface area contributed by atoms with Gasteiger partial charge in [0.25, 0.3) is 0 Å². The van der Waals surface area contributed by atoms with Crippen molar-refractivity contribution in [1.82, 2.24) is 4.98 Å². The minimum absolute atomic E-state index is 0.0993. The number of hydrogen-bond donors (Lipinski definition) is 2. The monoisotopic (exact) mass is 307 g/mol. The van der Waals surface area contributed by atoms with Crippen molar-refractivity contribution < 1.29 is 18.7 Å². The second-order valence-electron chi connectivity index (χ2n) is 3.50. The van der Waals surface area contributed by atoms with E-state index in [4.69, 9.17) is 18.6 Å². The molecule has 0 spiro atoms. The summed E-state index contributed by atoms with van der Waals surface area (Å²) in [5.74, 6) is 0.542. The van der Waals surface area contributed by atoms with Crippen LogP contribution in [0.4, 0.5) is 0 Å². The Morgan fingerprint density at radius 3 is 2.53 bits per heavy atom. The van der Waals surface area contributed by atoms with Crippen molar-refractivity contribution in [2.24, 2.45) is 0 Å². The zero-order valence-electron chi connectivity index (χ0n) is 11.3. The molecule has 6 nitrogen and oxygen atoms in total. The van der Waals surface area contributed by atoms with E-state index in [2.05, 4.69) is 4.98 Å². The largest absolute Gasteiger partial charge is 0.494 e. The summed E-state index contributed by atoms with van der Waals surface area (Å²) in [5.41, 5.74) is 0.0993. The number of nitrogens with one attached hydrogen (secondary N) is 1. The molecule has 0 saturated heterocycles. The Balaban J connectivity index is 2.87. The Morgan fingerprint density at radius 1 is 1.37 bits per heavy atom. The van der Waals surface area contributed by atoms with E-state index in [0.29, 0.717) is 24.0 Å². The number of aromatic nitrogens is 1. The maximum absolute atomic E-state index is 10.3. The van der Waals surface area contributed by atoms with Crippen molar-refractivity contribution in [3.63, 3.8) is 0 Å². The maximum atomic E-state index is 10.3. The fourth-order valence-corrected chi connectivity index (χ4v) is 5.31. The van der Waals surface area contributed by atoms with Crippen LogP contribution in [0.5, 0.6) is 5.75 Å². The summed E-state index contributed by atoms with van der Waals surface area (Å²) in [6.45, 7) is 4.27. The molecule has 1 heterocycles. The van der Waals surface area contributed by atoms with Gasteiger partial charge in [0.1, 0.15) is 0 Å². The van der Waals surface area contributed by atoms with Crippen LogP contribution in [0.25, 0.3) is 0 Å². The molecule has 1 rings (SSSR count). The lowest BCUT2D eigenvalue weighted by Gasteiger charge is -2.17. The molecule has 8 heteroatoms. The molecule has 0 aliphatic carbocycles. The van der Waals surface area contributed by atoms with Crippen molar-refractivity contribution in [3.05, 3.63) is 18.3 Å². The molecule has 0 aromatic carbocycles. The summed E-state index contributed by atoms with van der Waals surface area (Å²) in [6, 6.07) is 3.49. The second kappa shape index (κ2) is 7.87. The van der Waals surface area contributed by atoms with Gasteiger partial charge in [-0.05, 0) is 36.7 Å². The highest BCUT2D eigenvalue weighted by molar-refractivity contribution is 7.94. The zero-order valence-corrected chi connectivity index (χ0v) is 13.0. The third-order valence-corrected chi connectivity index (χ3v) is 6.58. The van der Waals surface area contributed by atoms with Gasteiger partial charge in [-0.1, -0.05) is 0 Å². The normalized spacial score (nSPS) is 13.3. The van der Waals surface area contributed by atoms with Gasteiger partial charge in [0.2, 0.25) is 5.49 Å².